The Labute approximate surface area is 99.3 Å². The molecule has 0 aliphatic heterocycles. The zero-order chi connectivity index (χ0) is 13.6. The van der Waals surface area contributed by atoms with Crippen LogP contribution in [0, 0.1) is 17.8 Å². The molecular weight excluding hydrogens is 228 g/mol. The van der Waals surface area contributed by atoms with Crippen LogP contribution in [0.5, 0.6) is 0 Å². The van der Waals surface area contributed by atoms with Crippen LogP contribution in [-0.2, 0) is 14.4 Å². The van der Waals surface area contributed by atoms with Crippen LogP contribution in [-0.4, -0.2) is 33.2 Å². The summed E-state index contributed by atoms with van der Waals surface area (Å²) in [6, 6.07) is 0. The second-order valence-corrected chi connectivity index (χ2v) is 4.19. The molecule has 6 heteroatoms. The topological polar surface area (TPSA) is 112 Å². The minimum absolute atomic E-state index is 0.0290. The molecule has 0 aliphatic rings. The zero-order valence-corrected chi connectivity index (χ0v) is 9.92. The molecule has 0 rings (SSSR count). The molecule has 3 N–H and O–H groups in total. The van der Waals surface area contributed by atoms with Gasteiger partial charge in [0.25, 0.3) is 0 Å². The van der Waals surface area contributed by atoms with Crippen molar-refractivity contribution in [1.29, 1.82) is 0 Å². The van der Waals surface area contributed by atoms with E-state index in [4.69, 9.17) is 15.3 Å². The fourth-order valence-corrected chi connectivity index (χ4v) is 1.61. The minimum Gasteiger partial charge on any atom is -0.481 e. The van der Waals surface area contributed by atoms with E-state index in [1.54, 1.807) is 6.92 Å². The third-order valence-corrected chi connectivity index (χ3v) is 2.82. The highest BCUT2D eigenvalue weighted by Gasteiger charge is 2.28. The molecule has 0 radical (unpaired) electrons. The number of rotatable bonds is 8. The number of hydrogen-bond donors (Lipinski definition) is 3. The Morgan fingerprint density at radius 2 is 1.35 bits per heavy atom. The van der Waals surface area contributed by atoms with E-state index in [-0.39, 0.29) is 12.8 Å². The van der Waals surface area contributed by atoms with Crippen molar-refractivity contribution in [3.05, 3.63) is 0 Å². The lowest BCUT2D eigenvalue weighted by molar-refractivity contribution is -0.147. The first-order valence-corrected chi connectivity index (χ1v) is 5.47. The van der Waals surface area contributed by atoms with Gasteiger partial charge in [0.05, 0.1) is 17.8 Å². The Kier molecular flexibility index (Phi) is 6.23. The summed E-state index contributed by atoms with van der Waals surface area (Å²) in [4.78, 5) is 32.4. The molecule has 0 aromatic heterocycles. The summed E-state index contributed by atoms with van der Waals surface area (Å²) in [5.74, 6) is -5.71. The van der Waals surface area contributed by atoms with Gasteiger partial charge in [-0.25, -0.2) is 0 Å². The molecule has 0 spiro atoms. The Morgan fingerprint density at radius 1 is 0.882 bits per heavy atom. The molecule has 0 saturated heterocycles. The van der Waals surface area contributed by atoms with Crippen molar-refractivity contribution in [1.82, 2.24) is 0 Å². The predicted octanol–water partition coefficient (Wildman–Crippen LogP) is 1.30. The number of carboxylic acid groups (broad SMARTS) is 3. The van der Waals surface area contributed by atoms with Gasteiger partial charge in [-0.3, -0.25) is 14.4 Å². The van der Waals surface area contributed by atoms with E-state index in [2.05, 4.69) is 0 Å². The van der Waals surface area contributed by atoms with E-state index in [1.807, 2.05) is 0 Å². The van der Waals surface area contributed by atoms with Gasteiger partial charge < -0.3 is 15.3 Å². The predicted molar refractivity (Wildman–Crippen MR) is 58.6 cm³/mol. The number of carbonyl (C=O) groups is 3. The quantitative estimate of drug-likeness (QED) is 0.595. The van der Waals surface area contributed by atoms with Crippen LogP contribution >= 0.6 is 0 Å². The Morgan fingerprint density at radius 3 is 1.65 bits per heavy atom. The second kappa shape index (κ2) is 6.88. The van der Waals surface area contributed by atoms with Crippen molar-refractivity contribution in [2.75, 3.05) is 0 Å². The average Bonchev–Trinajstić information content (AvgIpc) is 2.22. The normalized spacial score (nSPS) is 15.9. The first kappa shape index (κ1) is 15.4. The Hall–Kier alpha value is -1.59. The SMILES string of the molecule is CCC(CC(CC(C)C(=O)O)C(=O)O)C(=O)O. The van der Waals surface area contributed by atoms with Gasteiger partial charge in [-0.15, -0.1) is 0 Å². The van der Waals surface area contributed by atoms with Crippen molar-refractivity contribution in [3.63, 3.8) is 0 Å². The smallest absolute Gasteiger partial charge is 0.306 e. The summed E-state index contributed by atoms with van der Waals surface area (Å²) in [6.45, 7) is 3.08. The fourth-order valence-electron chi connectivity index (χ4n) is 1.61. The minimum atomic E-state index is -1.14. The standard InChI is InChI=1S/C11H18O6/c1-3-7(10(14)15)5-8(11(16)17)4-6(2)9(12)13/h6-8H,3-5H2,1-2H3,(H,12,13)(H,14,15)(H,16,17). The summed E-state index contributed by atoms with van der Waals surface area (Å²) < 4.78 is 0. The molecule has 3 atom stereocenters. The van der Waals surface area contributed by atoms with Gasteiger partial charge in [0.15, 0.2) is 0 Å². The van der Waals surface area contributed by atoms with Gasteiger partial charge >= 0.3 is 17.9 Å². The first-order valence-electron chi connectivity index (χ1n) is 5.47. The number of hydrogen-bond acceptors (Lipinski definition) is 3. The maximum Gasteiger partial charge on any atom is 0.306 e. The molecule has 0 fully saturated rings. The molecule has 0 bridgehead atoms. The van der Waals surface area contributed by atoms with E-state index < -0.39 is 35.7 Å². The molecule has 0 aromatic carbocycles. The molecule has 0 saturated carbocycles. The van der Waals surface area contributed by atoms with Crippen LogP contribution in [0.2, 0.25) is 0 Å². The van der Waals surface area contributed by atoms with Crippen LogP contribution in [0.4, 0.5) is 0 Å². The number of carboxylic acids is 3. The van der Waals surface area contributed by atoms with Crippen LogP contribution in [0.15, 0.2) is 0 Å². The van der Waals surface area contributed by atoms with E-state index in [0.717, 1.165) is 0 Å². The highest BCUT2D eigenvalue weighted by Crippen LogP contribution is 2.23. The second-order valence-electron chi connectivity index (χ2n) is 4.19. The molecule has 17 heavy (non-hydrogen) atoms. The zero-order valence-electron chi connectivity index (χ0n) is 9.92. The van der Waals surface area contributed by atoms with Crippen LogP contribution in [0.25, 0.3) is 0 Å². The summed E-state index contributed by atoms with van der Waals surface area (Å²) in [5, 5.41) is 26.5. The number of aliphatic carboxylic acids is 3. The molecule has 0 amide bonds. The molecule has 98 valence electrons. The van der Waals surface area contributed by atoms with Crippen molar-refractivity contribution in [2.45, 2.75) is 33.1 Å². The highest BCUT2D eigenvalue weighted by molar-refractivity contribution is 5.75. The third kappa shape index (κ3) is 5.33. The van der Waals surface area contributed by atoms with Gasteiger partial charge in [0, 0.05) is 0 Å². The van der Waals surface area contributed by atoms with Gasteiger partial charge in [-0.2, -0.15) is 0 Å². The van der Waals surface area contributed by atoms with Gasteiger partial charge in [0.2, 0.25) is 0 Å². The summed E-state index contributed by atoms with van der Waals surface area (Å²) in [7, 11) is 0. The van der Waals surface area contributed by atoms with Crippen molar-refractivity contribution in [2.24, 2.45) is 17.8 Å². The lowest BCUT2D eigenvalue weighted by Crippen LogP contribution is -2.26. The maximum atomic E-state index is 10.9. The largest absolute Gasteiger partial charge is 0.481 e. The van der Waals surface area contributed by atoms with Crippen molar-refractivity contribution >= 4 is 17.9 Å². The lowest BCUT2D eigenvalue weighted by Gasteiger charge is -2.18. The summed E-state index contributed by atoms with van der Waals surface area (Å²) in [6.07, 6.45) is 0.258. The van der Waals surface area contributed by atoms with Gasteiger partial charge in [-0.05, 0) is 19.3 Å². The third-order valence-electron chi connectivity index (χ3n) is 2.82. The Bertz CT molecular complexity index is 298. The average molecular weight is 246 g/mol. The monoisotopic (exact) mass is 246 g/mol. The molecular formula is C11H18O6. The van der Waals surface area contributed by atoms with E-state index in [9.17, 15) is 14.4 Å². The van der Waals surface area contributed by atoms with Gasteiger partial charge in [0.1, 0.15) is 0 Å². The van der Waals surface area contributed by atoms with Crippen LogP contribution in [0.3, 0.4) is 0 Å². The first-order chi connectivity index (χ1) is 7.79. The fraction of sp³-hybridized carbons (Fsp3) is 0.727. The Balaban J connectivity index is 4.59. The van der Waals surface area contributed by atoms with Crippen LogP contribution in [0.1, 0.15) is 33.1 Å². The van der Waals surface area contributed by atoms with Gasteiger partial charge in [-0.1, -0.05) is 13.8 Å². The molecule has 0 heterocycles. The van der Waals surface area contributed by atoms with E-state index in [1.165, 1.54) is 6.92 Å². The molecule has 0 aliphatic carbocycles. The molecule has 3 unspecified atom stereocenters. The molecule has 6 nitrogen and oxygen atoms in total. The van der Waals surface area contributed by atoms with Crippen molar-refractivity contribution < 1.29 is 29.7 Å². The molecule has 0 aromatic rings. The van der Waals surface area contributed by atoms with Crippen LogP contribution < -0.4 is 0 Å². The summed E-state index contributed by atoms with van der Waals surface area (Å²) >= 11 is 0. The van der Waals surface area contributed by atoms with E-state index >= 15 is 0 Å². The maximum absolute atomic E-state index is 10.9. The highest BCUT2D eigenvalue weighted by atomic mass is 16.4. The summed E-state index contributed by atoms with van der Waals surface area (Å²) in [5.41, 5.74) is 0. The van der Waals surface area contributed by atoms with E-state index in [0.29, 0.717) is 6.42 Å². The lowest BCUT2D eigenvalue weighted by atomic mass is 9.86. The van der Waals surface area contributed by atoms with Crippen molar-refractivity contribution in [3.8, 4) is 0 Å².